The maximum atomic E-state index is 13.9. The van der Waals surface area contributed by atoms with Crippen LogP contribution in [0, 0.1) is 5.82 Å². The van der Waals surface area contributed by atoms with Crippen LogP contribution in [0.2, 0.25) is 0 Å². The molecular weight excluding hydrogens is 427 g/mol. The average molecular weight is 451 g/mol. The van der Waals surface area contributed by atoms with Gasteiger partial charge in [0.25, 0.3) is 0 Å². The van der Waals surface area contributed by atoms with Crippen LogP contribution in [0.1, 0.15) is 30.9 Å². The second-order valence-electron chi connectivity index (χ2n) is 6.72. The van der Waals surface area contributed by atoms with Crippen molar-refractivity contribution >= 4 is 27.5 Å². The Morgan fingerprint density at radius 2 is 2.07 bits per heavy atom. The number of halogens is 2. The SMILES string of the molecule is COc1ccc(OC)c(C2CCCN2CCC(=O)Nc2ccc(Br)cc2F)c1. The van der Waals surface area contributed by atoms with Crippen molar-refractivity contribution in [3.63, 3.8) is 0 Å². The van der Waals surface area contributed by atoms with Gasteiger partial charge in [-0.05, 0) is 55.8 Å². The van der Waals surface area contributed by atoms with Crippen molar-refractivity contribution in [2.45, 2.75) is 25.3 Å². The van der Waals surface area contributed by atoms with Gasteiger partial charge < -0.3 is 14.8 Å². The van der Waals surface area contributed by atoms with E-state index < -0.39 is 5.82 Å². The summed E-state index contributed by atoms with van der Waals surface area (Å²) in [4.78, 5) is 14.6. The van der Waals surface area contributed by atoms with Gasteiger partial charge in [-0.15, -0.1) is 0 Å². The molecule has 3 rings (SSSR count). The molecule has 1 atom stereocenters. The highest BCUT2D eigenvalue weighted by molar-refractivity contribution is 9.10. The van der Waals surface area contributed by atoms with Crippen LogP contribution >= 0.6 is 15.9 Å². The van der Waals surface area contributed by atoms with Gasteiger partial charge in [-0.1, -0.05) is 15.9 Å². The van der Waals surface area contributed by atoms with E-state index >= 15 is 0 Å². The first-order valence-electron chi connectivity index (χ1n) is 9.22. The number of rotatable bonds is 7. The Hall–Kier alpha value is -2.12. The number of nitrogens with zero attached hydrogens (tertiary/aromatic N) is 1. The summed E-state index contributed by atoms with van der Waals surface area (Å²) in [5, 5.41) is 2.65. The van der Waals surface area contributed by atoms with E-state index in [0.29, 0.717) is 11.0 Å². The number of carbonyl (C=O) groups excluding carboxylic acids is 1. The van der Waals surface area contributed by atoms with Crippen LogP contribution in [0.4, 0.5) is 10.1 Å². The Bertz CT molecular complexity index is 846. The lowest BCUT2D eigenvalue weighted by molar-refractivity contribution is -0.116. The highest BCUT2D eigenvalue weighted by Crippen LogP contribution is 2.38. The molecule has 0 aromatic heterocycles. The Labute approximate surface area is 172 Å². The molecule has 7 heteroatoms. The summed E-state index contributed by atoms with van der Waals surface area (Å²) < 4.78 is 25.4. The van der Waals surface area contributed by atoms with E-state index in [1.165, 1.54) is 6.07 Å². The van der Waals surface area contributed by atoms with E-state index in [4.69, 9.17) is 9.47 Å². The number of ether oxygens (including phenoxy) is 2. The van der Waals surface area contributed by atoms with E-state index in [1.54, 1.807) is 26.4 Å². The van der Waals surface area contributed by atoms with Crippen LogP contribution in [0.5, 0.6) is 11.5 Å². The van der Waals surface area contributed by atoms with Crippen LogP contribution in [-0.2, 0) is 4.79 Å². The zero-order valence-corrected chi connectivity index (χ0v) is 17.6. The molecule has 150 valence electrons. The first-order valence-corrected chi connectivity index (χ1v) is 10.0. The van der Waals surface area contributed by atoms with E-state index in [0.717, 1.165) is 36.4 Å². The molecule has 1 unspecified atom stereocenters. The maximum absolute atomic E-state index is 13.9. The molecule has 0 bridgehead atoms. The molecular formula is C21H24BrFN2O3. The van der Waals surface area contributed by atoms with E-state index in [-0.39, 0.29) is 24.1 Å². The van der Waals surface area contributed by atoms with Crippen LogP contribution in [0.15, 0.2) is 40.9 Å². The van der Waals surface area contributed by atoms with Gasteiger partial charge in [0.1, 0.15) is 17.3 Å². The quantitative estimate of drug-likeness (QED) is 0.659. The lowest BCUT2D eigenvalue weighted by atomic mass is 10.0. The molecule has 0 saturated carbocycles. The number of methoxy groups -OCH3 is 2. The highest BCUT2D eigenvalue weighted by Gasteiger charge is 2.29. The molecule has 2 aromatic rings. The van der Waals surface area contributed by atoms with Crippen molar-refractivity contribution in [3.05, 3.63) is 52.3 Å². The van der Waals surface area contributed by atoms with Gasteiger partial charge in [0.2, 0.25) is 5.91 Å². The standard InChI is InChI=1S/C21H24BrFN2O3/c1-27-15-6-8-20(28-2)16(13-15)19-4-3-10-25(19)11-9-21(26)24-18-7-5-14(22)12-17(18)23/h5-8,12-13,19H,3-4,9-11H2,1-2H3,(H,24,26). The third kappa shape index (κ3) is 4.83. The van der Waals surface area contributed by atoms with E-state index in [9.17, 15) is 9.18 Å². The number of carbonyl (C=O) groups is 1. The van der Waals surface area contributed by atoms with Gasteiger partial charge >= 0.3 is 0 Å². The minimum absolute atomic E-state index is 0.169. The second-order valence-corrected chi connectivity index (χ2v) is 7.64. The molecule has 1 amide bonds. The number of hydrogen-bond acceptors (Lipinski definition) is 4. The Balaban J connectivity index is 1.65. The topological polar surface area (TPSA) is 50.8 Å². The zero-order valence-electron chi connectivity index (χ0n) is 16.0. The first kappa shape index (κ1) is 20.6. The molecule has 1 fully saturated rings. The zero-order chi connectivity index (χ0) is 20.1. The summed E-state index contributed by atoms with van der Waals surface area (Å²) in [6, 6.07) is 10.5. The van der Waals surface area contributed by atoms with Gasteiger partial charge in [0.05, 0.1) is 19.9 Å². The van der Waals surface area contributed by atoms with Gasteiger partial charge in [0.15, 0.2) is 0 Å². The fourth-order valence-corrected chi connectivity index (χ4v) is 3.93. The number of likely N-dealkylation sites (tertiary alicyclic amines) is 1. The fraction of sp³-hybridized carbons (Fsp3) is 0.381. The third-order valence-corrected chi connectivity index (χ3v) is 5.48. The molecule has 1 aliphatic rings. The number of nitrogens with one attached hydrogen (secondary N) is 1. The monoisotopic (exact) mass is 450 g/mol. The number of hydrogen-bond donors (Lipinski definition) is 1. The van der Waals surface area contributed by atoms with Crippen molar-refractivity contribution < 1.29 is 18.7 Å². The van der Waals surface area contributed by atoms with E-state index in [1.807, 2.05) is 18.2 Å². The van der Waals surface area contributed by atoms with Crippen LogP contribution in [0.3, 0.4) is 0 Å². The van der Waals surface area contributed by atoms with Crippen molar-refractivity contribution in [1.29, 1.82) is 0 Å². The average Bonchev–Trinajstić information content (AvgIpc) is 3.16. The lowest BCUT2D eigenvalue weighted by Crippen LogP contribution is -2.28. The minimum atomic E-state index is -0.456. The molecule has 1 N–H and O–H groups in total. The maximum Gasteiger partial charge on any atom is 0.225 e. The van der Waals surface area contributed by atoms with Crippen molar-refractivity contribution in [1.82, 2.24) is 4.90 Å². The summed E-state index contributed by atoms with van der Waals surface area (Å²) in [5.74, 6) is 0.942. The van der Waals surface area contributed by atoms with Gasteiger partial charge in [0, 0.05) is 29.0 Å². The molecule has 0 spiro atoms. The molecule has 28 heavy (non-hydrogen) atoms. The van der Waals surface area contributed by atoms with Crippen LogP contribution in [-0.4, -0.2) is 38.1 Å². The predicted molar refractivity (Wildman–Crippen MR) is 110 cm³/mol. The van der Waals surface area contributed by atoms with Gasteiger partial charge in [-0.2, -0.15) is 0 Å². The Morgan fingerprint density at radius 1 is 1.25 bits per heavy atom. The summed E-state index contributed by atoms with van der Waals surface area (Å²) in [6.07, 6.45) is 2.33. The summed E-state index contributed by atoms with van der Waals surface area (Å²) in [6.45, 7) is 1.50. The summed E-state index contributed by atoms with van der Waals surface area (Å²) in [5.41, 5.74) is 1.26. The molecule has 1 heterocycles. The summed E-state index contributed by atoms with van der Waals surface area (Å²) >= 11 is 3.21. The van der Waals surface area contributed by atoms with Gasteiger partial charge in [-0.3, -0.25) is 9.69 Å². The molecule has 1 aliphatic heterocycles. The molecule has 0 radical (unpaired) electrons. The largest absolute Gasteiger partial charge is 0.497 e. The number of amides is 1. The number of benzene rings is 2. The second kappa shape index (κ2) is 9.39. The fourth-order valence-electron chi connectivity index (χ4n) is 3.59. The van der Waals surface area contributed by atoms with Crippen molar-refractivity contribution in [3.8, 4) is 11.5 Å². The Morgan fingerprint density at radius 3 is 2.79 bits per heavy atom. The minimum Gasteiger partial charge on any atom is -0.497 e. The van der Waals surface area contributed by atoms with Crippen LogP contribution in [0.25, 0.3) is 0 Å². The predicted octanol–water partition coefficient (Wildman–Crippen LogP) is 4.77. The van der Waals surface area contributed by atoms with Crippen molar-refractivity contribution in [2.75, 3.05) is 32.6 Å². The normalized spacial score (nSPS) is 16.8. The third-order valence-electron chi connectivity index (χ3n) is 4.99. The molecule has 0 aliphatic carbocycles. The lowest BCUT2D eigenvalue weighted by Gasteiger charge is -2.26. The first-order chi connectivity index (χ1) is 13.5. The Kier molecular flexibility index (Phi) is 6.91. The highest BCUT2D eigenvalue weighted by atomic mass is 79.9. The van der Waals surface area contributed by atoms with Gasteiger partial charge in [-0.25, -0.2) is 4.39 Å². The van der Waals surface area contributed by atoms with Crippen molar-refractivity contribution in [2.24, 2.45) is 0 Å². The smallest absolute Gasteiger partial charge is 0.225 e. The molecule has 2 aromatic carbocycles. The molecule has 1 saturated heterocycles. The molecule has 5 nitrogen and oxygen atoms in total. The summed E-state index contributed by atoms with van der Waals surface area (Å²) in [7, 11) is 3.30. The number of anilines is 1. The van der Waals surface area contributed by atoms with E-state index in [2.05, 4.69) is 26.1 Å². The van der Waals surface area contributed by atoms with Crippen LogP contribution < -0.4 is 14.8 Å².